The molecule has 0 bridgehead atoms. The molecule has 0 atom stereocenters. The first-order valence-electron chi connectivity index (χ1n) is 9.94. The molecule has 10 heteroatoms. The Morgan fingerprint density at radius 1 is 1.12 bits per heavy atom. The van der Waals surface area contributed by atoms with Gasteiger partial charge in [-0.25, -0.2) is 15.0 Å². The predicted molar refractivity (Wildman–Crippen MR) is 123 cm³/mol. The van der Waals surface area contributed by atoms with Crippen LogP contribution in [0.25, 0.3) is 22.3 Å². The van der Waals surface area contributed by atoms with E-state index in [1.165, 1.54) is 0 Å². The molecule has 0 radical (unpaired) electrons. The van der Waals surface area contributed by atoms with E-state index in [2.05, 4.69) is 30.6 Å². The maximum atomic E-state index is 12.2. The van der Waals surface area contributed by atoms with E-state index in [1.807, 2.05) is 11.6 Å². The van der Waals surface area contributed by atoms with Crippen LogP contribution in [-0.4, -0.2) is 42.6 Å². The number of carbonyl (C=O) groups is 1. The van der Waals surface area contributed by atoms with Crippen LogP contribution in [-0.2, 0) is 12.6 Å². The molecule has 10 nitrogen and oxygen atoms in total. The fraction of sp³-hybridized carbons (Fsp3) is 0.227. The van der Waals surface area contributed by atoms with Gasteiger partial charge in [-0.15, -0.1) is 0 Å². The lowest BCUT2D eigenvalue weighted by Crippen LogP contribution is -2.18. The monoisotopic (exact) mass is 432 g/mol. The number of hydrogen-bond acceptors (Lipinski definition) is 8. The lowest BCUT2D eigenvalue weighted by Gasteiger charge is -2.18. The fourth-order valence-electron chi connectivity index (χ4n) is 3.37. The highest BCUT2D eigenvalue weighted by atomic mass is 16.3. The minimum absolute atomic E-state index is 0.0153. The van der Waals surface area contributed by atoms with Gasteiger partial charge in [0.2, 0.25) is 0 Å². The first kappa shape index (κ1) is 21.2. The summed E-state index contributed by atoms with van der Waals surface area (Å²) in [6, 6.07) is 7.15. The summed E-state index contributed by atoms with van der Waals surface area (Å²) in [5, 5.41) is 16.3. The first-order chi connectivity index (χ1) is 15.2. The third-order valence-corrected chi connectivity index (χ3v) is 5.11. The SMILES string of the molecule is CNc1nc(Nc2ccc(C(C)(C)O)cc2)c(C(N)=O)nc1-c1cncc2c1ncn2C. The van der Waals surface area contributed by atoms with Gasteiger partial charge in [0.25, 0.3) is 5.91 Å². The molecule has 0 saturated heterocycles. The van der Waals surface area contributed by atoms with E-state index in [-0.39, 0.29) is 11.5 Å². The second-order valence-corrected chi connectivity index (χ2v) is 7.90. The number of fused-ring (bicyclic) bond motifs is 1. The molecule has 1 amide bonds. The van der Waals surface area contributed by atoms with Crippen molar-refractivity contribution in [2.24, 2.45) is 12.8 Å². The van der Waals surface area contributed by atoms with Crippen LogP contribution in [0.3, 0.4) is 0 Å². The normalized spacial score (nSPS) is 11.5. The van der Waals surface area contributed by atoms with E-state index in [0.29, 0.717) is 28.3 Å². The average Bonchev–Trinajstić information content (AvgIpc) is 3.14. The molecule has 0 unspecified atom stereocenters. The summed E-state index contributed by atoms with van der Waals surface area (Å²) in [4.78, 5) is 30.1. The summed E-state index contributed by atoms with van der Waals surface area (Å²) < 4.78 is 1.85. The number of aliphatic hydroxyl groups is 1. The number of anilines is 3. The van der Waals surface area contributed by atoms with Gasteiger partial charge < -0.3 is 26.0 Å². The Morgan fingerprint density at radius 2 is 1.84 bits per heavy atom. The van der Waals surface area contributed by atoms with Gasteiger partial charge in [-0.2, -0.15) is 0 Å². The molecular weight excluding hydrogens is 408 g/mol. The van der Waals surface area contributed by atoms with Crippen LogP contribution in [0.5, 0.6) is 0 Å². The van der Waals surface area contributed by atoms with Crippen LogP contribution < -0.4 is 16.4 Å². The molecule has 3 aromatic heterocycles. The molecular formula is C22H24N8O2. The lowest BCUT2D eigenvalue weighted by atomic mass is 9.98. The van der Waals surface area contributed by atoms with Crippen molar-refractivity contribution in [2.45, 2.75) is 19.4 Å². The number of imidazole rings is 1. The number of aromatic nitrogens is 5. The Kier molecular flexibility index (Phi) is 5.23. The quantitative estimate of drug-likeness (QED) is 0.364. The average molecular weight is 432 g/mol. The zero-order chi connectivity index (χ0) is 23.0. The van der Waals surface area contributed by atoms with Crippen molar-refractivity contribution in [1.29, 1.82) is 0 Å². The number of carbonyl (C=O) groups excluding carboxylic acids is 1. The molecule has 0 aliphatic heterocycles. The maximum absolute atomic E-state index is 12.2. The Morgan fingerprint density at radius 3 is 2.47 bits per heavy atom. The van der Waals surface area contributed by atoms with Crippen molar-refractivity contribution in [3.63, 3.8) is 0 Å². The first-order valence-corrected chi connectivity index (χ1v) is 9.94. The summed E-state index contributed by atoms with van der Waals surface area (Å²) in [7, 11) is 3.59. The number of nitrogens with two attached hydrogens (primary N) is 1. The smallest absolute Gasteiger partial charge is 0.271 e. The fourth-order valence-corrected chi connectivity index (χ4v) is 3.37. The van der Waals surface area contributed by atoms with Gasteiger partial charge in [-0.1, -0.05) is 12.1 Å². The predicted octanol–water partition coefficient (Wildman–Crippen LogP) is 2.54. The summed E-state index contributed by atoms with van der Waals surface area (Å²) >= 11 is 0. The van der Waals surface area contributed by atoms with Crippen molar-refractivity contribution >= 4 is 34.3 Å². The molecule has 0 aliphatic rings. The number of nitrogens with zero attached hydrogens (tertiary/aromatic N) is 5. The van der Waals surface area contributed by atoms with Gasteiger partial charge in [0, 0.05) is 26.0 Å². The summed E-state index contributed by atoms with van der Waals surface area (Å²) in [6.45, 7) is 3.42. The summed E-state index contributed by atoms with van der Waals surface area (Å²) in [6.07, 6.45) is 5.03. The molecule has 4 aromatic rings. The molecule has 5 N–H and O–H groups in total. The number of rotatable bonds is 6. The van der Waals surface area contributed by atoms with Crippen LogP contribution >= 0.6 is 0 Å². The van der Waals surface area contributed by atoms with E-state index >= 15 is 0 Å². The van der Waals surface area contributed by atoms with Gasteiger partial charge in [0.05, 0.1) is 29.2 Å². The number of amides is 1. The van der Waals surface area contributed by atoms with Crippen molar-refractivity contribution in [3.8, 4) is 11.3 Å². The topological polar surface area (TPSA) is 144 Å². The zero-order valence-corrected chi connectivity index (χ0v) is 18.2. The van der Waals surface area contributed by atoms with Crippen LogP contribution in [0.1, 0.15) is 29.9 Å². The van der Waals surface area contributed by atoms with Gasteiger partial charge in [-0.05, 0) is 31.5 Å². The molecule has 0 saturated carbocycles. The van der Waals surface area contributed by atoms with Gasteiger partial charge >= 0.3 is 0 Å². The second-order valence-electron chi connectivity index (χ2n) is 7.90. The van der Waals surface area contributed by atoms with Crippen molar-refractivity contribution < 1.29 is 9.90 Å². The number of nitrogens with one attached hydrogen (secondary N) is 2. The molecule has 0 fully saturated rings. The minimum Gasteiger partial charge on any atom is -0.386 e. The molecule has 0 spiro atoms. The Bertz CT molecular complexity index is 1310. The van der Waals surface area contributed by atoms with E-state index in [4.69, 9.17) is 5.73 Å². The molecule has 4 rings (SSSR count). The molecule has 1 aromatic carbocycles. The largest absolute Gasteiger partial charge is 0.386 e. The summed E-state index contributed by atoms with van der Waals surface area (Å²) in [5.41, 5.74) is 8.63. The molecule has 164 valence electrons. The lowest BCUT2D eigenvalue weighted by molar-refractivity contribution is 0.0786. The minimum atomic E-state index is -0.960. The van der Waals surface area contributed by atoms with Crippen molar-refractivity contribution in [1.82, 2.24) is 24.5 Å². The highest BCUT2D eigenvalue weighted by Crippen LogP contribution is 2.32. The highest BCUT2D eigenvalue weighted by Gasteiger charge is 2.21. The Labute approximate surface area is 184 Å². The Hall–Kier alpha value is -4.05. The standard InChI is InChI=1S/C22H24N8O2/c1-22(2,32)12-5-7-13(8-6-12)27-21-18(19(23)31)28-17(20(24-3)29-21)14-9-25-10-15-16(14)26-11-30(15)4/h5-11,32H,1-4H3,(H2,23,31)(H2,24,27,29). The van der Waals surface area contributed by atoms with Crippen molar-refractivity contribution in [2.75, 3.05) is 17.7 Å². The number of pyridine rings is 1. The van der Waals surface area contributed by atoms with Gasteiger partial charge in [-0.3, -0.25) is 9.78 Å². The number of primary amides is 1. The molecule has 32 heavy (non-hydrogen) atoms. The van der Waals surface area contributed by atoms with E-state index < -0.39 is 11.5 Å². The second kappa shape index (κ2) is 7.89. The van der Waals surface area contributed by atoms with Gasteiger partial charge in [0.1, 0.15) is 11.2 Å². The third-order valence-electron chi connectivity index (χ3n) is 5.11. The maximum Gasteiger partial charge on any atom is 0.271 e. The molecule has 0 aliphatic carbocycles. The Balaban J connectivity index is 1.81. The van der Waals surface area contributed by atoms with E-state index in [9.17, 15) is 9.90 Å². The van der Waals surface area contributed by atoms with Crippen LogP contribution in [0, 0.1) is 0 Å². The highest BCUT2D eigenvalue weighted by molar-refractivity contribution is 5.99. The third kappa shape index (κ3) is 3.83. The van der Waals surface area contributed by atoms with E-state index in [0.717, 1.165) is 11.1 Å². The van der Waals surface area contributed by atoms with Gasteiger partial charge in [0.15, 0.2) is 17.3 Å². The van der Waals surface area contributed by atoms with Crippen LogP contribution in [0.4, 0.5) is 17.3 Å². The number of aryl methyl sites for hydroxylation is 1. The summed E-state index contributed by atoms with van der Waals surface area (Å²) in [5.74, 6) is -0.0773. The van der Waals surface area contributed by atoms with E-state index in [1.54, 1.807) is 63.9 Å². The zero-order valence-electron chi connectivity index (χ0n) is 18.2. The van der Waals surface area contributed by atoms with Crippen LogP contribution in [0.2, 0.25) is 0 Å². The van der Waals surface area contributed by atoms with Crippen molar-refractivity contribution in [3.05, 3.63) is 54.2 Å². The number of benzene rings is 1. The molecule has 3 heterocycles. The number of hydrogen-bond donors (Lipinski definition) is 4. The van der Waals surface area contributed by atoms with Crippen LogP contribution in [0.15, 0.2) is 43.0 Å².